The van der Waals surface area contributed by atoms with Crippen molar-refractivity contribution in [2.75, 3.05) is 11.9 Å². The predicted octanol–water partition coefficient (Wildman–Crippen LogP) is 5.47. The largest absolute Gasteiger partial charge is 0.478 e. The number of benzene rings is 2. The van der Waals surface area contributed by atoms with Crippen LogP contribution in [0.4, 0.5) is 5.69 Å². The number of carbonyl (C=O) groups is 2. The maximum atomic E-state index is 12.9. The molecule has 2 aromatic carbocycles. The number of Topliss-reactive ketones (excluding diaryl/α,β-unsaturated/α-hetero) is 1. The monoisotopic (exact) mass is 413 g/mol. The van der Waals surface area contributed by atoms with Gasteiger partial charge in [0.15, 0.2) is 6.23 Å². The van der Waals surface area contributed by atoms with Crippen LogP contribution in [0.15, 0.2) is 53.4 Å². The molecule has 1 fully saturated rings. The molecule has 0 aromatic heterocycles. The first-order valence-corrected chi connectivity index (χ1v) is 11.0. The number of hydrogen-bond donors (Lipinski definition) is 2. The summed E-state index contributed by atoms with van der Waals surface area (Å²) in [4.78, 5) is 25.1. The third kappa shape index (κ3) is 6.08. The Hall–Kier alpha value is -2.31. The van der Waals surface area contributed by atoms with Gasteiger partial charge in [0.1, 0.15) is 0 Å². The molecule has 0 radical (unpaired) electrons. The standard InChI is InChI=1S/C23H27NO4S/c1-2-28-22(24-18-12-8-17(9-13-18)23(26)27)21(25)16-10-14-20(15-11-16)29-19-6-4-3-5-7-19/h8-15,19,22,24H,2-7H2,1H3,(H,26,27). The van der Waals surface area contributed by atoms with Crippen LogP contribution in [-0.2, 0) is 4.74 Å². The van der Waals surface area contributed by atoms with E-state index in [1.165, 1.54) is 49.1 Å². The zero-order chi connectivity index (χ0) is 20.6. The molecule has 29 heavy (non-hydrogen) atoms. The third-order valence-corrected chi connectivity index (χ3v) is 6.34. The Bertz CT molecular complexity index is 814. The highest BCUT2D eigenvalue weighted by Crippen LogP contribution is 2.33. The summed E-state index contributed by atoms with van der Waals surface area (Å²) in [6, 6.07) is 14.0. The van der Waals surface area contributed by atoms with Crippen molar-refractivity contribution in [3.63, 3.8) is 0 Å². The van der Waals surface area contributed by atoms with Crippen molar-refractivity contribution in [1.29, 1.82) is 0 Å². The van der Waals surface area contributed by atoms with E-state index >= 15 is 0 Å². The molecule has 1 atom stereocenters. The van der Waals surface area contributed by atoms with Crippen LogP contribution in [0.3, 0.4) is 0 Å². The van der Waals surface area contributed by atoms with Crippen molar-refractivity contribution in [3.05, 3.63) is 59.7 Å². The molecule has 1 aliphatic rings. The van der Waals surface area contributed by atoms with Gasteiger partial charge in [-0.3, -0.25) is 4.79 Å². The number of hydrogen-bond acceptors (Lipinski definition) is 5. The summed E-state index contributed by atoms with van der Waals surface area (Å²) < 4.78 is 5.61. The van der Waals surface area contributed by atoms with E-state index in [0.29, 0.717) is 23.1 Å². The number of carboxylic acids is 1. The van der Waals surface area contributed by atoms with E-state index in [0.717, 1.165) is 0 Å². The second-order valence-corrected chi connectivity index (χ2v) is 8.50. The summed E-state index contributed by atoms with van der Waals surface area (Å²) in [7, 11) is 0. The summed E-state index contributed by atoms with van der Waals surface area (Å²) >= 11 is 1.90. The van der Waals surface area contributed by atoms with Gasteiger partial charge in [-0.25, -0.2) is 4.79 Å². The van der Waals surface area contributed by atoms with Gasteiger partial charge in [-0.05, 0) is 56.2 Å². The quantitative estimate of drug-likeness (QED) is 0.419. The molecule has 154 valence electrons. The topological polar surface area (TPSA) is 75.6 Å². The lowest BCUT2D eigenvalue weighted by Gasteiger charge is -2.21. The van der Waals surface area contributed by atoms with Crippen molar-refractivity contribution in [2.24, 2.45) is 0 Å². The van der Waals surface area contributed by atoms with E-state index in [9.17, 15) is 9.59 Å². The van der Waals surface area contributed by atoms with E-state index < -0.39 is 12.2 Å². The fourth-order valence-electron chi connectivity index (χ4n) is 3.43. The molecule has 0 amide bonds. The smallest absolute Gasteiger partial charge is 0.335 e. The molecule has 1 aliphatic carbocycles. The zero-order valence-electron chi connectivity index (χ0n) is 16.6. The van der Waals surface area contributed by atoms with Gasteiger partial charge >= 0.3 is 5.97 Å². The molecular formula is C23H27NO4S. The molecule has 6 heteroatoms. The first kappa shape index (κ1) is 21.4. The lowest BCUT2D eigenvalue weighted by molar-refractivity contribution is 0.0549. The van der Waals surface area contributed by atoms with E-state index in [1.54, 1.807) is 12.1 Å². The summed E-state index contributed by atoms with van der Waals surface area (Å²) in [6.07, 6.45) is 5.67. The number of carbonyl (C=O) groups excluding carboxylic acids is 1. The van der Waals surface area contributed by atoms with Crippen molar-refractivity contribution in [3.8, 4) is 0 Å². The van der Waals surface area contributed by atoms with Crippen LogP contribution >= 0.6 is 11.8 Å². The molecule has 1 unspecified atom stereocenters. The van der Waals surface area contributed by atoms with E-state index in [2.05, 4.69) is 5.32 Å². The van der Waals surface area contributed by atoms with Crippen LogP contribution in [0.5, 0.6) is 0 Å². The fraction of sp³-hybridized carbons (Fsp3) is 0.391. The number of carboxylic acid groups (broad SMARTS) is 1. The van der Waals surface area contributed by atoms with Crippen LogP contribution in [0.1, 0.15) is 59.7 Å². The molecule has 2 aromatic rings. The van der Waals surface area contributed by atoms with Gasteiger partial charge in [0.25, 0.3) is 0 Å². The number of ether oxygens (including phenoxy) is 1. The van der Waals surface area contributed by atoms with Crippen LogP contribution in [-0.4, -0.2) is 34.9 Å². The summed E-state index contributed by atoms with van der Waals surface area (Å²) in [5.74, 6) is -1.14. The van der Waals surface area contributed by atoms with Gasteiger partial charge in [-0.1, -0.05) is 31.4 Å². The second kappa shape index (κ2) is 10.5. The second-order valence-electron chi connectivity index (χ2n) is 7.13. The number of anilines is 1. The van der Waals surface area contributed by atoms with Crippen LogP contribution in [0.2, 0.25) is 0 Å². The Balaban J connectivity index is 1.65. The molecule has 0 heterocycles. The molecule has 0 saturated heterocycles. The third-order valence-electron chi connectivity index (χ3n) is 4.99. The molecule has 5 nitrogen and oxygen atoms in total. The Morgan fingerprint density at radius 3 is 2.24 bits per heavy atom. The number of thioether (sulfide) groups is 1. The van der Waals surface area contributed by atoms with E-state index in [-0.39, 0.29) is 11.3 Å². The number of nitrogens with one attached hydrogen (secondary N) is 1. The van der Waals surface area contributed by atoms with E-state index in [4.69, 9.17) is 9.84 Å². The molecule has 1 saturated carbocycles. The summed E-state index contributed by atoms with van der Waals surface area (Å²) in [5.41, 5.74) is 1.42. The zero-order valence-corrected chi connectivity index (χ0v) is 17.4. The molecule has 0 bridgehead atoms. The van der Waals surface area contributed by atoms with Crippen molar-refractivity contribution in [1.82, 2.24) is 0 Å². The highest BCUT2D eigenvalue weighted by Gasteiger charge is 2.21. The Morgan fingerprint density at radius 1 is 1.03 bits per heavy atom. The van der Waals surface area contributed by atoms with Crippen molar-refractivity contribution in [2.45, 2.75) is 55.4 Å². The van der Waals surface area contributed by atoms with Crippen molar-refractivity contribution >= 4 is 29.2 Å². The molecule has 2 N–H and O–H groups in total. The SMILES string of the molecule is CCOC(Nc1ccc(C(=O)O)cc1)C(=O)c1ccc(SC2CCCCC2)cc1. The van der Waals surface area contributed by atoms with Gasteiger partial charge < -0.3 is 15.2 Å². The summed E-state index contributed by atoms with van der Waals surface area (Å²) in [5, 5.41) is 12.7. The van der Waals surface area contributed by atoms with Crippen LogP contribution < -0.4 is 5.32 Å². The van der Waals surface area contributed by atoms with Crippen molar-refractivity contribution < 1.29 is 19.4 Å². The average molecular weight is 414 g/mol. The molecule has 3 rings (SSSR count). The molecular weight excluding hydrogens is 386 g/mol. The van der Waals surface area contributed by atoms with Gasteiger partial charge in [-0.2, -0.15) is 0 Å². The first-order chi connectivity index (χ1) is 14.1. The highest BCUT2D eigenvalue weighted by molar-refractivity contribution is 8.00. The van der Waals surface area contributed by atoms with Gasteiger partial charge in [0, 0.05) is 28.0 Å². The minimum Gasteiger partial charge on any atom is -0.478 e. The predicted molar refractivity (Wildman–Crippen MR) is 116 cm³/mol. The Labute approximate surface area is 175 Å². The number of rotatable bonds is 9. The molecule has 0 spiro atoms. The minimum absolute atomic E-state index is 0.150. The molecule has 0 aliphatic heterocycles. The normalized spacial score (nSPS) is 15.6. The summed E-state index contributed by atoms with van der Waals surface area (Å²) in [6.45, 7) is 2.21. The van der Waals surface area contributed by atoms with Gasteiger partial charge in [0.2, 0.25) is 5.78 Å². The number of ketones is 1. The van der Waals surface area contributed by atoms with Crippen LogP contribution in [0.25, 0.3) is 0 Å². The maximum Gasteiger partial charge on any atom is 0.335 e. The first-order valence-electron chi connectivity index (χ1n) is 10.1. The van der Waals surface area contributed by atoms with Gasteiger partial charge in [0.05, 0.1) is 5.56 Å². The average Bonchev–Trinajstić information content (AvgIpc) is 2.74. The highest BCUT2D eigenvalue weighted by atomic mass is 32.2. The maximum absolute atomic E-state index is 12.9. The van der Waals surface area contributed by atoms with E-state index in [1.807, 2.05) is 43.0 Å². The fourth-order valence-corrected chi connectivity index (χ4v) is 4.68. The lowest BCUT2D eigenvalue weighted by atomic mass is 10.0. The lowest BCUT2D eigenvalue weighted by Crippen LogP contribution is -2.32. The Morgan fingerprint density at radius 2 is 1.66 bits per heavy atom. The Kier molecular flexibility index (Phi) is 7.72. The minimum atomic E-state index is -0.986. The number of aromatic carboxylic acids is 1. The van der Waals surface area contributed by atoms with Gasteiger partial charge in [-0.15, -0.1) is 11.8 Å². The van der Waals surface area contributed by atoms with Crippen LogP contribution in [0, 0.1) is 0 Å².